The van der Waals surface area contributed by atoms with Gasteiger partial charge in [0.1, 0.15) is 0 Å². The van der Waals surface area contributed by atoms with Crippen LogP contribution in [0, 0.1) is 17.6 Å². The van der Waals surface area contributed by atoms with Crippen molar-refractivity contribution in [3.63, 3.8) is 0 Å². The van der Waals surface area contributed by atoms with Gasteiger partial charge in [-0.05, 0) is 86.8 Å². The molecule has 0 radical (unpaired) electrons. The quantitative estimate of drug-likeness (QED) is 0.133. The molecule has 0 bridgehead atoms. The minimum absolute atomic E-state index is 0.0186. The molecule has 0 aromatic heterocycles. The SMILES string of the molecule is C=C/C=C\CC(CC(c1ccc(Cl)cc1)C(C)C(=C)C)NC(=NC1CCC1)NC(=O)c1ccc(F)c(F)c1. The predicted octanol–water partition coefficient (Wildman–Crippen LogP) is 7.73. The summed E-state index contributed by atoms with van der Waals surface area (Å²) in [5, 5.41) is 6.93. The number of allylic oxidation sites excluding steroid dienone is 3. The van der Waals surface area contributed by atoms with E-state index < -0.39 is 17.5 Å². The number of carbonyl (C=O) groups is 1. The fourth-order valence-electron chi connectivity index (χ4n) is 4.36. The molecule has 4 nitrogen and oxygen atoms in total. The molecule has 1 aliphatic carbocycles. The number of carbonyl (C=O) groups excluding carboxylic acids is 1. The molecule has 7 heteroatoms. The predicted molar refractivity (Wildman–Crippen MR) is 153 cm³/mol. The third kappa shape index (κ3) is 8.38. The Morgan fingerprint density at radius 1 is 1.18 bits per heavy atom. The smallest absolute Gasteiger partial charge is 0.258 e. The van der Waals surface area contributed by atoms with Gasteiger partial charge in [0.15, 0.2) is 17.6 Å². The van der Waals surface area contributed by atoms with Crippen molar-refractivity contribution in [2.75, 3.05) is 0 Å². The van der Waals surface area contributed by atoms with Crippen LogP contribution >= 0.6 is 11.6 Å². The zero-order valence-corrected chi connectivity index (χ0v) is 22.8. The Morgan fingerprint density at radius 2 is 1.89 bits per heavy atom. The van der Waals surface area contributed by atoms with E-state index in [1.807, 2.05) is 43.3 Å². The van der Waals surface area contributed by atoms with Crippen molar-refractivity contribution in [2.45, 2.75) is 64.0 Å². The molecule has 2 N–H and O–H groups in total. The Kier molecular flexibility index (Phi) is 10.8. The van der Waals surface area contributed by atoms with E-state index in [2.05, 4.69) is 30.7 Å². The summed E-state index contributed by atoms with van der Waals surface area (Å²) in [5.41, 5.74) is 2.23. The van der Waals surface area contributed by atoms with Gasteiger partial charge in [0.05, 0.1) is 6.04 Å². The van der Waals surface area contributed by atoms with Crippen LogP contribution in [0.2, 0.25) is 5.02 Å². The van der Waals surface area contributed by atoms with Crippen LogP contribution in [-0.4, -0.2) is 24.0 Å². The molecule has 38 heavy (non-hydrogen) atoms. The molecular formula is C31H36ClF2N3O. The van der Waals surface area contributed by atoms with Crippen LogP contribution in [0.3, 0.4) is 0 Å². The van der Waals surface area contributed by atoms with E-state index in [-0.39, 0.29) is 29.5 Å². The maximum atomic E-state index is 13.8. The van der Waals surface area contributed by atoms with Crippen molar-refractivity contribution in [1.29, 1.82) is 0 Å². The van der Waals surface area contributed by atoms with Crippen LogP contribution in [0.5, 0.6) is 0 Å². The van der Waals surface area contributed by atoms with Crippen LogP contribution in [0.1, 0.15) is 67.8 Å². The molecule has 3 unspecified atom stereocenters. The summed E-state index contributed by atoms with van der Waals surface area (Å²) in [7, 11) is 0. The van der Waals surface area contributed by atoms with Gasteiger partial charge in [-0.2, -0.15) is 0 Å². The van der Waals surface area contributed by atoms with Gasteiger partial charge in [0.25, 0.3) is 5.91 Å². The normalized spacial score (nSPS) is 16.4. The van der Waals surface area contributed by atoms with Crippen LogP contribution in [0.15, 0.2) is 84.4 Å². The summed E-state index contributed by atoms with van der Waals surface area (Å²) < 4.78 is 27.2. The maximum absolute atomic E-state index is 13.8. The molecule has 0 heterocycles. The molecule has 2 aromatic rings. The fourth-order valence-corrected chi connectivity index (χ4v) is 4.48. The zero-order valence-electron chi connectivity index (χ0n) is 22.0. The molecule has 0 saturated heterocycles. The van der Waals surface area contributed by atoms with Crippen molar-refractivity contribution in [3.8, 4) is 0 Å². The Bertz CT molecular complexity index is 1190. The second-order valence-electron chi connectivity index (χ2n) is 9.92. The lowest BCUT2D eigenvalue weighted by Gasteiger charge is -2.31. The molecule has 3 rings (SSSR count). The van der Waals surface area contributed by atoms with Crippen molar-refractivity contribution in [1.82, 2.24) is 10.6 Å². The molecule has 0 aliphatic heterocycles. The lowest BCUT2D eigenvalue weighted by molar-refractivity contribution is 0.0974. The van der Waals surface area contributed by atoms with Gasteiger partial charge >= 0.3 is 0 Å². The molecule has 3 atom stereocenters. The molecule has 0 spiro atoms. The first-order valence-corrected chi connectivity index (χ1v) is 13.3. The third-order valence-corrected chi connectivity index (χ3v) is 7.30. The number of amides is 1. The Balaban J connectivity index is 1.88. The number of aliphatic imine (C=N–C) groups is 1. The van der Waals surface area contributed by atoms with Gasteiger partial charge in [0.2, 0.25) is 0 Å². The first kappa shape index (κ1) is 29.3. The molecule has 1 amide bonds. The monoisotopic (exact) mass is 539 g/mol. The zero-order chi connectivity index (χ0) is 27.7. The van der Waals surface area contributed by atoms with Gasteiger partial charge in [-0.15, -0.1) is 0 Å². The van der Waals surface area contributed by atoms with Gasteiger partial charge in [-0.25, -0.2) is 13.8 Å². The summed E-state index contributed by atoms with van der Waals surface area (Å²) >= 11 is 6.15. The number of hydrogen-bond acceptors (Lipinski definition) is 2. The fraction of sp³-hybridized carbons (Fsp3) is 0.355. The van der Waals surface area contributed by atoms with Crippen molar-refractivity contribution < 1.29 is 13.6 Å². The van der Waals surface area contributed by atoms with E-state index in [4.69, 9.17) is 16.6 Å². The third-order valence-electron chi connectivity index (χ3n) is 7.05. The standard InChI is InChI=1S/C31H36ClF2N3O/c1-5-6-7-9-26(19-27(21(4)20(2)3)22-12-15-24(32)16-13-22)36-31(35-25-10-8-11-25)37-30(38)23-14-17-28(33)29(34)18-23/h5-7,12-18,21,25-27H,1-2,8-11,19H2,3-4H3,(H2,35,36,37,38)/b7-6-. The van der Waals surface area contributed by atoms with Gasteiger partial charge in [-0.1, -0.05) is 67.6 Å². The van der Waals surface area contributed by atoms with Crippen LogP contribution in [0.25, 0.3) is 0 Å². The molecule has 1 fully saturated rings. The topological polar surface area (TPSA) is 53.5 Å². The van der Waals surface area contributed by atoms with E-state index in [1.165, 1.54) is 6.07 Å². The highest BCUT2D eigenvalue weighted by atomic mass is 35.5. The van der Waals surface area contributed by atoms with Crippen LogP contribution < -0.4 is 10.6 Å². The van der Waals surface area contributed by atoms with E-state index >= 15 is 0 Å². The van der Waals surface area contributed by atoms with Gasteiger partial charge in [0, 0.05) is 16.6 Å². The first-order valence-electron chi connectivity index (χ1n) is 13.0. The molecule has 202 valence electrons. The van der Waals surface area contributed by atoms with Crippen LogP contribution in [-0.2, 0) is 0 Å². The number of nitrogens with one attached hydrogen (secondary N) is 2. The van der Waals surface area contributed by atoms with E-state index in [0.717, 1.165) is 49.0 Å². The van der Waals surface area contributed by atoms with Gasteiger partial charge < -0.3 is 5.32 Å². The van der Waals surface area contributed by atoms with Crippen molar-refractivity contribution in [2.24, 2.45) is 10.9 Å². The summed E-state index contributed by atoms with van der Waals surface area (Å²) in [4.78, 5) is 17.7. The maximum Gasteiger partial charge on any atom is 0.258 e. The molecule has 1 saturated carbocycles. The minimum Gasteiger partial charge on any atom is -0.353 e. The Hall–Kier alpha value is -3.25. The first-order chi connectivity index (χ1) is 18.2. The van der Waals surface area contributed by atoms with Crippen molar-refractivity contribution >= 4 is 23.5 Å². The number of nitrogens with zero attached hydrogens (tertiary/aromatic N) is 1. The average molecular weight is 540 g/mol. The van der Waals surface area contributed by atoms with E-state index in [0.29, 0.717) is 17.4 Å². The lowest BCUT2D eigenvalue weighted by Crippen LogP contribution is -2.47. The number of rotatable bonds is 11. The van der Waals surface area contributed by atoms with Crippen LogP contribution in [0.4, 0.5) is 8.78 Å². The minimum atomic E-state index is -1.07. The number of hydrogen-bond donors (Lipinski definition) is 2. The second-order valence-corrected chi connectivity index (χ2v) is 10.4. The summed E-state index contributed by atoms with van der Waals surface area (Å²) in [5.74, 6) is -1.98. The van der Waals surface area contributed by atoms with E-state index in [1.54, 1.807) is 6.08 Å². The largest absolute Gasteiger partial charge is 0.353 e. The van der Waals surface area contributed by atoms with E-state index in [9.17, 15) is 13.6 Å². The Labute approximate surface area is 229 Å². The van der Waals surface area contributed by atoms with Gasteiger partial charge in [-0.3, -0.25) is 10.1 Å². The Morgan fingerprint density at radius 3 is 2.47 bits per heavy atom. The average Bonchev–Trinajstić information content (AvgIpc) is 2.86. The molecular weight excluding hydrogens is 504 g/mol. The summed E-state index contributed by atoms with van der Waals surface area (Å²) in [6, 6.07) is 11.0. The second kappa shape index (κ2) is 14.1. The number of halogens is 3. The number of benzene rings is 2. The lowest BCUT2D eigenvalue weighted by atomic mass is 9.79. The molecule has 1 aliphatic rings. The highest BCUT2D eigenvalue weighted by Crippen LogP contribution is 2.34. The summed E-state index contributed by atoms with van der Waals surface area (Å²) in [6.45, 7) is 12.1. The highest BCUT2D eigenvalue weighted by Gasteiger charge is 2.26. The highest BCUT2D eigenvalue weighted by molar-refractivity contribution is 6.30. The summed E-state index contributed by atoms with van der Waals surface area (Å²) in [6.07, 6.45) is 9.97. The van der Waals surface area contributed by atoms with Crippen molar-refractivity contribution in [3.05, 3.63) is 107 Å². The number of guanidine groups is 1. The molecule has 2 aromatic carbocycles.